The standard InChI is InChI=1S/C66H114N18O30/c1-37(89)69-50-58(97)54(93)46(33-85)111-63(50)107-21-17-103-13-8-68-25-41(73-67)26-80(27-42-30-82(77-74-42)10-14-104-18-22-108-64-51(70-38(2)90)59(98)55(94)47(34-86)112-64)9-6-5-7-45(62(101)102)81(28-43-31-83(78-75-43)11-15-105-19-23-109-65-52(71-39(3)91)60(99)56(95)48(35-87)113-65)29-44-32-84(79-76-44)12-16-106-20-24-110-66-53(72-40(4)92)61(100)57(96)49(36-88)114-66/h25,30-32,45-61,63-68,74,77,85-88,93-100H,5-24,26-29,33-36H2,1-4H3,(H,69,89)(H,70,90)(H,71,91)(H,72,92)(H,101,102)/b41-25-,73-67?/t45-,46+,47+,48+,49+,50+,51+,52+,53+,54-,55-,56-,57-,58+,59+,60+,61+,63+,64+,65+,66+/m0/s1. The minimum absolute atomic E-state index is 0.00938. The van der Waals surface area contributed by atoms with Crippen molar-refractivity contribution in [3.8, 4) is 0 Å². The van der Waals surface area contributed by atoms with Crippen molar-refractivity contribution >= 4 is 29.6 Å². The summed E-state index contributed by atoms with van der Waals surface area (Å²) in [5.74, 6) is -3.20. The first kappa shape index (κ1) is 94.2. The molecule has 648 valence electrons. The van der Waals surface area contributed by atoms with Gasteiger partial charge in [-0.25, -0.2) is 14.9 Å². The van der Waals surface area contributed by atoms with Crippen LogP contribution in [0.1, 0.15) is 58.3 Å². The Balaban J connectivity index is 0.981. The first-order valence-corrected chi connectivity index (χ1v) is 37.4. The molecule has 2 aromatic rings. The molecule has 0 radical (unpaired) electrons. The lowest BCUT2D eigenvalue weighted by Gasteiger charge is -2.42. The van der Waals surface area contributed by atoms with Gasteiger partial charge in [0.2, 0.25) is 23.6 Å². The van der Waals surface area contributed by atoms with Gasteiger partial charge in [0.15, 0.2) is 25.2 Å². The monoisotopic (exact) mass is 1640 g/mol. The molecule has 0 unspecified atom stereocenters. The van der Waals surface area contributed by atoms with Crippen molar-refractivity contribution in [3.05, 3.63) is 47.6 Å². The Kier molecular flexibility index (Phi) is 40.7. The Morgan fingerprint density at radius 2 is 0.912 bits per heavy atom. The highest BCUT2D eigenvalue weighted by Gasteiger charge is 2.49. The maximum Gasteiger partial charge on any atom is 0.320 e. The second-order valence-electron chi connectivity index (χ2n) is 27.4. The molecule has 7 rings (SSSR count). The van der Waals surface area contributed by atoms with Gasteiger partial charge in [-0.15, -0.1) is 15.7 Å². The van der Waals surface area contributed by atoms with Crippen molar-refractivity contribution in [1.29, 1.82) is 5.53 Å². The highest BCUT2D eigenvalue weighted by molar-refractivity contribution is 5.75. The Labute approximate surface area is 655 Å². The van der Waals surface area contributed by atoms with E-state index in [-0.39, 0.29) is 132 Å². The van der Waals surface area contributed by atoms with Crippen LogP contribution in [0.2, 0.25) is 0 Å². The number of hydrazine groups is 2. The number of aliphatic carboxylic acids is 1. The lowest BCUT2D eigenvalue weighted by Crippen LogP contribution is -2.64. The summed E-state index contributed by atoms with van der Waals surface area (Å²) < 4.78 is 71.5. The van der Waals surface area contributed by atoms with Crippen LogP contribution in [0.4, 0.5) is 0 Å². The molecule has 0 bridgehead atoms. The van der Waals surface area contributed by atoms with Crippen molar-refractivity contribution in [2.24, 2.45) is 5.11 Å². The van der Waals surface area contributed by atoms with Crippen molar-refractivity contribution in [2.75, 3.05) is 138 Å². The van der Waals surface area contributed by atoms with Crippen LogP contribution >= 0.6 is 0 Å². The Morgan fingerprint density at radius 1 is 0.535 bits per heavy atom. The average molecular weight is 1640 g/mol. The minimum Gasteiger partial charge on any atom is -0.480 e. The van der Waals surface area contributed by atoms with Crippen LogP contribution in [0.25, 0.3) is 0 Å². The van der Waals surface area contributed by atoms with E-state index in [0.29, 0.717) is 48.7 Å². The summed E-state index contributed by atoms with van der Waals surface area (Å²) >= 11 is 0. The smallest absolute Gasteiger partial charge is 0.320 e. The zero-order chi connectivity index (χ0) is 82.8. The normalized spacial score (nSPS) is 28.9. The van der Waals surface area contributed by atoms with Crippen LogP contribution in [-0.2, 0) is 107 Å². The summed E-state index contributed by atoms with van der Waals surface area (Å²) in [6.07, 6.45) is -14.0. The molecular weight excluding hydrogens is 1520 g/mol. The lowest BCUT2D eigenvalue weighted by atomic mass is 9.97. The first-order chi connectivity index (χ1) is 54.7. The van der Waals surface area contributed by atoms with Gasteiger partial charge in [-0.05, 0) is 19.4 Å². The van der Waals surface area contributed by atoms with Crippen LogP contribution in [-0.4, -0.2) is 408 Å². The molecule has 4 amide bonds. The molecule has 21 atom stereocenters. The van der Waals surface area contributed by atoms with Crippen LogP contribution in [0.5, 0.6) is 0 Å². The van der Waals surface area contributed by atoms with E-state index in [9.17, 15) is 90.4 Å². The highest BCUT2D eigenvalue weighted by atomic mass is 16.7. The third kappa shape index (κ3) is 29.9. The number of ether oxygens (including phenoxy) is 12. The van der Waals surface area contributed by atoms with Crippen LogP contribution in [0.3, 0.4) is 0 Å². The molecular formula is C66H114N18O30. The fraction of sp³-hybridized carbons (Fsp3) is 0.803. The third-order valence-corrected chi connectivity index (χ3v) is 18.5. The minimum atomic E-state index is -1.50. The molecule has 5 aliphatic heterocycles. The summed E-state index contributed by atoms with van der Waals surface area (Å²) in [6, 6.07) is -5.69. The number of amides is 4. The summed E-state index contributed by atoms with van der Waals surface area (Å²) in [5, 5.41) is 170. The fourth-order valence-corrected chi connectivity index (χ4v) is 12.8. The van der Waals surface area contributed by atoms with E-state index in [1.54, 1.807) is 28.5 Å². The van der Waals surface area contributed by atoms with E-state index < -0.39 is 185 Å². The second-order valence-corrected chi connectivity index (χ2v) is 27.4. The molecule has 7 heterocycles. The fourth-order valence-electron chi connectivity index (χ4n) is 12.8. The number of hydrogen-bond acceptors (Lipinski definition) is 41. The maximum atomic E-state index is 13.5. The van der Waals surface area contributed by atoms with E-state index in [2.05, 4.69) is 63.3 Å². The third-order valence-electron chi connectivity index (χ3n) is 18.5. The van der Waals surface area contributed by atoms with Gasteiger partial charge in [-0.1, -0.05) is 16.8 Å². The molecule has 4 saturated heterocycles. The Hall–Kier alpha value is -6.97. The summed E-state index contributed by atoms with van der Waals surface area (Å²) in [4.78, 5) is 64.7. The van der Waals surface area contributed by atoms with E-state index in [1.165, 1.54) is 37.1 Å². The molecule has 5 aliphatic rings. The van der Waals surface area contributed by atoms with Gasteiger partial charge in [0, 0.05) is 85.2 Å². The number of aromatic nitrogens is 6. The molecule has 2 aromatic heterocycles. The first-order valence-electron chi connectivity index (χ1n) is 37.4. The number of nitrogens with zero attached hydrogens (tertiary/aromatic N) is 10. The van der Waals surface area contributed by atoms with Gasteiger partial charge < -0.3 is 155 Å². The molecule has 48 nitrogen and oxygen atoms in total. The SMILES string of the molecule is CC(=O)N[C@H]1[C@H](OCCOCCN/C=C(/CN(CCCC[C@@H](C(=O)O)N(Cc2cn(CCOCCO[C@@H]3O[C@H](CO)[C@H](O)[C@H](O)[C@H]3NC(C)=O)nn2)Cc2cn(CCOCCO[C@@H]3O[C@H](CO)[C@H](O)[C@H](O)[C@H]3NC(C)=O)nn2)CC2=CN(CCOCCO[C@@H]3O[C@H](CO)[C@H](O)[C@H](O)[C@H]3NC(C)=O)NN2)N=N)O[C@H](CO)[C@H](O)[C@@H]1O. The van der Waals surface area contributed by atoms with Gasteiger partial charge in [0.1, 0.15) is 103 Å². The zero-order valence-electron chi connectivity index (χ0n) is 64.0. The summed E-state index contributed by atoms with van der Waals surface area (Å²) in [6.45, 7) is 4.37. The Bertz CT molecular complexity index is 3160. The zero-order valence-corrected chi connectivity index (χ0v) is 64.0. The van der Waals surface area contributed by atoms with E-state index in [4.69, 9.17) is 62.4 Å². The van der Waals surface area contributed by atoms with Gasteiger partial charge >= 0.3 is 5.97 Å². The maximum absolute atomic E-state index is 13.5. The number of rotatable bonds is 53. The molecule has 0 aromatic carbocycles. The molecule has 48 heteroatoms. The van der Waals surface area contributed by atoms with E-state index >= 15 is 0 Å². The average Bonchev–Trinajstić information content (AvgIpc) is 1.08. The van der Waals surface area contributed by atoms with Gasteiger partial charge in [-0.2, -0.15) is 5.11 Å². The quantitative estimate of drug-likeness (QED) is 0.0216. The van der Waals surface area contributed by atoms with Crippen LogP contribution in [0, 0.1) is 5.53 Å². The molecule has 0 aliphatic carbocycles. The molecule has 114 heavy (non-hydrogen) atoms. The highest BCUT2D eigenvalue weighted by Crippen LogP contribution is 2.27. The number of nitrogens with one attached hydrogen (secondary N) is 8. The summed E-state index contributed by atoms with van der Waals surface area (Å²) in [5.41, 5.74) is 16.1. The molecule has 4 fully saturated rings. The number of hydrogen-bond donors (Lipinski definition) is 21. The van der Waals surface area contributed by atoms with Crippen molar-refractivity contribution in [2.45, 2.75) is 202 Å². The number of unbranched alkanes of at least 4 members (excludes halogenated alkanes) is 1. The number of aliphatic hydroxyl groups excluding tert-OH is 12. The number of carboxylic acid groups (broad SMARTS) is 1. The van der Waals surface area contributed by atoms with E-state index in [1.807, 2.05) is 11.1 Å². The predicted molar refractivity (Wildman–Crippen MR) is 382 cm³/mol. The van der Waals surface area contributed by atoms with Crippen LogP contribution in [0.15, 0.2) is 41.3 Å². The van der Waals surface area contributed by atoms with Crippen molar-refractivity contribution in [3.63, 3.8) is 0 Å². The number of aliphatic hydroxyl groups is 12. The number of carboxylic acids is 1. The number of carbonyl (C=O) groups is 5. The summed E-state index contributed by atoms with van der Waals surface area (Å²) in [7, 11) is 0. The predicted octanol–water partition coefficient (Wildman–Crippen LogP) is -10.7. The Morgan fingerprint density at radius 3 is 1.27 bits per heavy atom. The molecule has 0 spiro atoms. The topological polar surface area (TPSA) is 651 Å². The van der Waals surface area contributed by atoms with Gasteiger partial charge in [0.25, 0.3) is 0 Å². The largest absolute Gasteiger partial charge is 0.480 e. The van der Waals surface area contributed by atoms with Crippen molar-refractivity contribution in [1.82, 2.24) is 82.3 Å². The molecule has 21 N–H and O–H groups in total. The second kappa shape index (κ2) is 49.3. The molecule has 0 saturated carbocycles. The van der Waals surface area contributed by atoms with Gasteiger partial charge in [-0.3, -0.25) is 38.8 Å². The van der Waals surface area contributed by atoms with E-state index in [0.717, 1.165) is 0 Å². The lowest BCUT2D eigenvalue weighted by molar-refractivity contribution is -0.272. The number of carbonyl (C=O) groups excluding carboxylic acids is 4. The van der Waals surface area contributed by atoms with Gasteiger partial charge in [0.05, 0.1) is 148 Å². The van der Waals surface area contributed by atoms with Crippen LogP contribution < -0.4 is 37.5 Å². The van der Waals surface area contributed by atoms with Crippen molar-refractivity contribution < 1.29 is 147 Å².